The lowest BCUT2D eigenvalue weighted by molar-refractivity contribution is -0.117. The molecule has 1 fully saturated rings. The van der Waals surface area contributed by atoms with Gasteiger partial charge in [-0.05, 0) is 51.9 Å². The zero-order chi connectivity index (χ0) is 18.2. The highest BCUT2D eigenvalue weighted by molar-refractivity contribution is 5.97. The van der Waals surface area contributed by atoms with Crippen molar-refractivity contribution in [2.75, 3.05) is 32.0 Å². The van der Waals surface area contributed by atoms with E-state index in [4.69, 9.17) is 0 Å². The molecule has 0 aliphatic heterocycles. The van der Waals surface area contributed by atoms with Gasteiger partial charge in [0.1, 0.15) is 0 Å². The molecule has 5 heteroatoms. The Morgan fingerprint density at radius 3 is 2.44 bits per heavy atom. The number of nitrogens with one attached hydrogen (secondary N) is 1. The Bertz CT molecular complexity index is 578. The SMILES string of the molecule is CCN(CC)C(=O)c1cccc(NC(=O)CN(C)C2CCCCC2)c1. The summed E-state index contributed by atoms with van der Waals surface area (Å²) in [6.45, 7) is 5.68. The molecule has 0 aromatic heterocycles. The highest BCUT2D eigenvalue weighted by Crippen LogP contribution is 2.21. The predicted molar refractivity (Wildman–Crippen MR) is 102 cm³/mol. The molecule has 0 saturated heterocycles. The van der Waals surface area contributed by atoms with Gasteiger partial charge in [0, 0.05) is 30.4 Å². The summed E-state index contributed by atoms with van der Waals surface area (Å²) in [4.78, 5) is 28.7. The topological polar surface area (TPSA) is 52.7 Å². The number of benzene rings is 1. The molecule has 1 aromatic carbocycles. The summed E-state index contributed by atoms with van der Waals surface area (Å²) in [5.74, 6) is -0.0269. The number of rotatable bonds is 7. The first kappa shape index (κ1) is 19.4. The van der Waals surface area contributed by atoms with Crippen LogP contribution < -0.4 is 5.32 Å². The maximum Gasteiger partial charge on any atom is 0.253 e. The van der Waals surface area contributed by atoms with Gasteiger partial charge in [0.05, 0.1) is 6.54 Å². The van der Waals surface area contributed by atoms with Crippen molar-refractivity contribution in [3.05, 3.63) is 29.8 Å². The molecule has 0 heterocycles. The van der Waals surface area contributed by atoms with E-state index in [2.05, 4.69) is 10.2 Å². The van der Waals surface area contributed by atoms with Crippen LogP contribution in [0.3, 0.4) is 0 Å². The first-order chi connectivity index (χ1) is 12.0. The van der Waals surface area contributed by atoms with E-state index in [1.165, 1.54) is 32.1 Å². The van der Waals surface area contributed by atoms with E-state index in [0.29, 0.717) is 36.9 Å². The number of likely N-dealkylation sites (N-methyl/N-ethyl adjacent to an activating group) is 1. The maximum absolute atomic E-state index is 12.4. The Morgan fingerprint density at radius 2 is 1.80 bits per heavy atom. The van der Waals surface area contributed by atoms with Crippen LogP contribution in [0.5, 0.6) is 0 Å². The molecule has 1 aliphatic carbocycles. The van der Waals surface area contributed by atoms with E-state index in [9.17, 15) is 9.59 Å². The molecular weight excluding hydrogens is 314 g/mol. The average molecular weight is 345 g/mol. The van der Waals surface area contributed by atoms with E-state index < -0.39 is 0 Å². The van der Waals surface area contributed by atoms with Crippen LogP contribution in [-0.4, -0.2) is 54.3 Å². The summed E-state index contributed by atoms with van der Waals surface area (Å²) in [5.41, 5.74) is 1.29. The number of hydrogen-bond acceptors (Lipinski definition) is 3. The van der Waals surface area contributed by atoms with Crippen LogP contribution in [0.15, 0.2) is 24.3 Å². The van der Waals surface area contributed by atoms with Crippen molar-refractivity contribution in [2.45, 2.75) is 52.0 Å². The summed E-state index contributed by atoms with van der Waals surface area (Å²) in [6, 6.07) is 7.72. The van der Waals surface area contributed by atoms with Crippen molar-refractivity contribution in [3.8, 4) is 0 Å². The van der Waals surface area contributed by atoms with E-state index >= 15 is 0 Å². The number of amides is 2. The zero-order valence-corrected chi connectivity index (χ0v) is 15.8. The van der Waals surface area contributed by atoms with Gasteiger partial charge in [-0.15, -0.1) is 0 Å². The van der Waals surface area contributed by atoms with Crippen LogP contribution in [0, 0.1) is 0 Å². The molecule has 0 bridgehead atoms. The van der Waals surface area contributed by atoms with E-state index in [1.807, 2.05) is 33.0 Å². The van der Waals surface area contributed by atoms with Crippen molar-refractivity contribution in [3.63, 3.8) is 0 Å². The fourth-order valence-corrected chi connectivity index (χ4v) is 3.50. The fraction of sp³-hybridized carbons (Fsp3) is 0.600. The van der Waals surface area contributed by atoms with Gasteiger partial charge in [-0.3, -0.25) is 14.5 Å². The van der Waals surface area contributed by atoms with Gasteiger partial charge in [-0.2, -0.15) is 0 Å². The molecule has 0 spiro atoms. The van der Waals surface area contributed by atoms with E-state index in [0.717, 1.165) is 0 Å². The quantitative estimate of drug-likeness (QED) is 0.824. The smallest absolute Gasteiger partial charge is 0.253 e. The van der Waals surface area contributed by atoms with Gasteiger partial charge in [0.15, 0.2) is 0 Å². The Kier molecular flexibility index (Phi) is 7.44. The number of nitrogens with zero attached hydrogens (tertiary/aromatic N) is 2. The molecule has 2 rings (SSSR count). The summed E-state index contributed by atoms with van der Waals surface area (Å²) in [6.07, 6.45) is 6.18. The summed E-state index contributed by atoms with van der Waals surface area (Å²) < 4.78 is 0. The second kappa shape index (κ2) is 9.56. The summed E-state index contributed by atoms with van der Waals surface area (Å²) >= 11 is 0. The van der Waals surface area contributed by atoms with Crippen LogP contribution in [0.4, 0.5) is 5.69 Å². The minimum Gasteiger partial charge on any atom is -0.339 e. The highest BCUT2D eigenvalue weighted by Gasteiger charge is 2.20. The van der Waals surface area contributed by atoms with Gasteiger partial charge >= 0.3 is 0 Å². The Labute approximate surface area is 151 Å². The standard InChI is InChI=1S/C20H31N3O2/c1-4-23(5-2)20(25)16-10-9-11-17(14-16)21-19(24)15-22(3)18-12-7-6-8-13-18/h9-11,14,18H,4-8,12-13,15H2,1-3H3,(H,21,24). The van der Waals surface area contributed by atoms with Gasteiger partial charge in [-0.1, -0.05) is 25.3 Å². The minimum absolute atomic E-state index is 0.000391. The molecule has 1 N–H and O–H groups in total. The molecule has 138 valence electrons. The largest absolute Gasteiger partial charge is 0.339 e. The predicted octanol–water partition coefficient (Wildman–Crippen LogP) is 3.37. The third-order valence-corrected chi connectivity index (χ3v) is 5.03. The molecule has 1 saturated carbocycles. The Hall–Kier alpha value is -1.88. The Balaban J connectivity index is 1.94. The maximum atomic E-state index is 12.4. The van der Waals surface area contributed by atoms with Crippen molar-refractivity contribution in [2.24, 2.45) is 0 Å². The number of anilines is 1. The van der Waals surface area contributed by atoms with Crippen molar-refractivity contribution in [1.82, 2.24) is 9.80 Å². The first-order valence-corrected chi connectivity index (χ1v) is 9.44. The van der Waals surface area contributed by atoms with Crippen LogP contribution in [0.1, 0.15) is 56.3 Å². The molecule has 5 nitrogen and oxygen atoms in total. The van der Waals surface area contributed by atoms with Gasteiger partial charge in [0.2, 0.25) is 5.91 Å². The first-order valence-electron chi connectivity index (χ1n) is 9.44. The second-order valence-electron chi connectivity index (χ2n) is 6.81. The van der Waals surface area contributed by atoms with Crippen LogP contribution >= 0.6 is 0 Å². The third-order valence-electron chi connectivity index (χ3n) is 5.03. The molecule has 25 heavy (non-hydrogen) atoms. The molecule has 0 radical (unpaired) electrons. The van der Waals surface area contributed by atoms with Gasteiger partial charge in [0.25, 0.3) is 5.91 Å². The highest BCUT2D eigenvalue weighted by atomic mass is 16.2. The minimum atomic E-state index is -0.0273. The molecule has 0 unspecified atom stereocenters. The fourth-order valence-electron chi connectivity index (χ4n) is 3.50. The Morgan fingerprint density at radius 1 is 1.12 bits per heavy atom. The molecule has 0 atom stereocenters. The molecule has 1 aromatic rings. The average Bonchev–Trinajstić information content (AvgIpc) is 2.63. The normalized spacial score (nSPS) is 15.2. The van der Waals surface area contributed by atoms with Gasteiger partial charge in [-0.25, -0.2) is 0 Å². The lowest BCUT2D eigenvalue weighted by Gasteiger charge is -2.30. The summed E-state index contributed by atoms with van der Waals surface area (Å²) in [7, 11) is 2.02. The van der Waals surface area contributed by atoms with Crippen molar-refractivity contribution >= 4 is 17.5 Å². The van der Waals surface area contributed by atoms with E-state index in [-0.39, 0.29) is 11.8 Å². The molecule has 1 aliphatic rings. The second-order valence-corrected chi connectivity index (χ2v) is 6.81. The molecular formula is C20H31N3O2. The lowest BCUT2D eigenvalue weighted by atomic mass is 9.94. The van der Waals surface area contributed by atoms with Crippen molar-refractivity contribution < 1.29 is 9.59 Å². The van der Waals surface area contributed by atoms with Crippen LogP contribution in [0.2, 0.25) is 0 Å². The van der Waals surface area contributed by atoms with Crippen molar-refractivity contribution in [1.29, 1.82) is 0 Å². The van der Waals surface area contributed by atoms with Crippen LogP contribution in [-0.2, 0) is 4.79 Å². The monoisotopic (exact) mass is 345 g/mol. The molecule has 2 amide bonds. The number of carbonyl (C=O) groups is 2. The lowest BCUT2D eigenvalue weighted by Crippen LogP contribution is -2.39. The third kappa shape index (κ3) is 5.56. The van der Waals surface area contributed by atoms with E-state index in [1.54, 1.807) is 17.0 Å². The number of hydrogen-bond donors (Lipinski definition) is 1. The zero-order valence-electron chi connectivity index (χ0n) is 15.8. The number of carbonyl (C=O) groups excluding carboxylic acids is 2. The summed E-state index contributed by atoms with van der Waals surface area (Å²) in [5, 5.41) is 2.93. The van der Waals surface area contributed by atoms with Gasteiger partial charge < -0.3 is 10.2 Å². The van der Waals surface area contributed by atoms with Crippen LogP contribution in [0.25, 0.3) is 0 Å².